The predicted octanol–water partition coefficient (Wildman–Crippen LogP) is 2.42. The van der Waals surface area contributed by atoms with Gasteiger partial charge in [0, 0.05) is 5.92 Å². The first-order valence-electron chi connectivity index (χ1n) is 5.38. The molecule has 1 aromatic rings. The molecule has 0 radical (unpaired) electrons. The highest BCUT2D eigenvalue weighted by atomic mass is 35.5. The molecule has 2 rings (SSSR count). The highest BCUT2D eigenvalue weighted by Crippen LogP contribution is 2.36. The number of pyridine rings is 1. The molecule has 6 heteroatoms. The van der Waals surface area contributed by atoms with Gasteiger partial charge in [-0.3, -0.25) is 4.79 Å². The van der Waals surface area contributed by atoms with Crippen LogP contribution >= 0.6 is 11.6 Å². The molecule has 5 nitrogen and oxygen atoms in total. The molecular weight excluding hydrogens is 254 g/mol. The number of aliphatic hydroxyl groups is 1. The van der Waals surface area contributed by atoms with Gasteiger partial charge < -0.3 is 10.4 Å². The molecule has 0 bridgehead atoms. The number of aromatic nitrogens is 1. The van der Waals surface area contributed by atoms with E-state index >= 15 is 0 Å². The summed E-state index contributed by atoms with van der Waals surface area (Å²) in [5.74, 6) is -0.809. The molecule has 0 atom stereocenters. The van der Waals surface area contributed by atoms with Crippen LogP contribution in [0.2, 0.25) is 5.15 Å². The second-order valence-corrected chi connectivity index (χ2v) is 4.36. The molecule has 0 aromatic carbocycles. The van der Waals surface area contributed by atoms with Crippen LogP contribution in [-0.4, -0.2) is 16.0 Å². The molecule has 0 unspecified atom stereocenters. The quantitative estimate of drug-likeness (QED) is 0.379. The zero-order valence-corrected chi connectivity index (χ0v) is 10.1. The Balaban J connectivity index is 2.14. The number of allylic oxidation sites excluding steroid dienone is 1. The van der Waals surface area contributed by atoms with Crippen LogP contribution in [-0.2, 0) is 4.79 Å². The van der Waals surface area contributed by atoms with Crippen LogP contribution in [0.5, 0.6) is 0 Å². The summed E-state index contributed by atoms with van der Waals surface area (Å²) in [7, 11) is 0. The maximum Gasteiger partial charge on any atom is 0.269 e. The largest absolute Gasteiger partial charge is 0.510 e. The average Bonchev–Trinajstić information content (AvgIpc) is 3.17. The number of hydrogen-bond donors (Lipinski definition) is 2. The maximum atomic E-state index is 11.8. The van der Waals surface area contributed by atoms with E-state index in [0.717, 1.165) is 12.8 Å². The van der Waals surface area contributed by atoms with E-state index in [2.05, 4.69) is 10.3 Å². The fourth-order valence-electron chi connectivity index (χ4n) is 1.43. The monoisotopic (exact) mass is 263 g/mol. The van der Waals surface area contributed by atoms with Gasteiger partial charge in [-0.2, -0.15) is 5.26 Å². The molecule has 1 aliphatic rings. The molecule has 1 saturated carbocycles. The van der Waals surface area contributed by atoms with E-state index in [9.17, 15) is 9.90 Å². The number of halogens is 1. The van der Waals surface area contributed by atoms with Crippen molar-refractivity contribution in [3.8, 4) is 6.07 Å². The molecule has 92 valence electrons. The Morgan fingerprint density at radius 1 is 1.56 bits per heavy atom. The van der Waals surface area contributed by atoms with E-state index in [1.54, 1.807) is 12.1 Å². The first kappa shape index (κ1) is 12.4. The second-order valence-electron chi connectivity index (χ2n) is 3.97. The summed E-state index contributed by atoms with van der Waals surface area (Å²) in [4.78, 5) is 15.6. The van der Waals surface area contributed by atoms with E-state index < -0.39 is 5.91 Å². The van der Waals surface area contributed by atoms with Gasteiger partial charge >= 0.3 is 0 Å². The number of nitrogens with zero attached hydrogens (tertiary/aromatic N) is 2. The number of amides is 1. The molecule has 0 spiro atoms. The van der Waals surface area contributed by atoms with Gasteiger partial charge in [-0.15, -0.1) is 0 Å². The number of rotatable bonds is 3. The summed E-state index contributed by atoms with van der Waals surface area (Å²) in [5.41, 5.74) is 0.174. The van der Waals surface area contributed by atoms with Crippen LogP contribution in [0.15, 0.2) is 29.7 Å². The van der Waals surface area contributed by atoms with Crippen LogP contribution in [0, 0.1) is 17.2 Å². The highest BCUT2D eigenvalue weighted by Gasteiger charge is 2.30. The molecule has 1 aliphatic carbocycles. The third-order valence-corrected chi connectivity index (χ3v) is 2.77. The molecule has 1 aromatic heterocycles. The maximum absolute atomic E-state index is 11.8. The highest BCUT2D eigenvalue weighted by molar-refractivity contribution is 6.29. The topological polar surface area (TPSA) is 86.0 Å². The van der Waals surface area contributed by atoms with Gasteiger partial charge in [-0.05, 0) is 25.0 Å². The van der Waals surface area contributed by atoms with Crippen molar-refractivity contribution in [1.82, 2.24) is 4.98 Å². The Labute approximate surface area is 109 Å². The van der Waals surface area contributed by atoms with Crippen molar-refractivity contribution in [1.29, 1.82) is 5.26 Å². The minimum absolute atomic E-state index is 0.0475. The number of hydrogen-bond acceptors (Lipinski definition) is 4. The van der Waals surface area contributed by atoms with E-state index in [0.29, 0.717) is 10.8 Å². The third kappa shape index (κ3) is 2.79. The van der Waals surface area contributed by atoms with Gasteiger partial charge in [-0.1, -0.05) is 11.6 Å². The van der Waals surface area contributed by atoms with Gasteiger partial charge in [0.2, 0.25) is 0 Å². The normalized spacial score (nSPS) is 15.6. The van der Waals surface area contributed by atoms with Crippen molar-refractivity contribution in [3.63, 3.8) is 0 Å². The number of aliphatic hydroxyl groups excluding tert-OH is 1. The molecule has 1 heterocycles. The van der Waals surface area contributed by atoms with E-state index in [1.165, 1.54) is 12.3 Å². The summed E-state index contributed by atoms with van der Waals surface area (Å²) < 4.78 is 0. The van der Waals surface area contributed by atoms with Crippen molar-refractivity contribution < 1.29 is 9.90 Å². The fourth-order valence-corrected chi connectivity index (χ4v) is 1.54. The number of carbonyl (C=O) groups excluding carboxylic acids is 1. The summed E-state index contributed by atoms with van der Waals surface area (Å²) in [5, 5.41) is 21.4. The van der Waals surface area contributed by atoms with Crippen molar-refractivity contribution in [3.05, 3.63) is 34.8 Å². The van der Waals surface area contributed by atoms with Crippen molar-refractivity contribution in [2.24, 2.45) is 5.92 Å². The van der Waals surface area contributed by atoms with Gasteiger partial charge in [0.25, 0.3) is 5.91 Å². The van der Waals surface area contributed by atoms with Gasteiger partial charge in [0.05, 0.1) is 11.9 Å². The average molecular weight is 264 g/mol. The zero-order chi connectivity index (χ0) is 13.1. The summed E-state index contributed by atoms with van der Waals surface area (Å²) in [6.07, 6.45) is 3.00. The van der Waals surface area contributed by atoms with Gasteiger partial charge in [0.1, 0.15) is 17.0 Å². The molecule has 0 aliphatic heterocycles. The van der Waals surface area contributed by atoms with E-state index in [4.69, 9.17) is 16.9 Å². The third-order valence-electron chi connectivity index (χ3n) is 2.54. The first-order valence-corrected chi connectivity index (χ1v) is 5.75. The van der Waals surface area contributed by atoms with Crippen LogP contribution in [0.1, 0.15) is 12.8 Å². The van der Waals surface area contributed by atoms with Crippen molar-refractivity contribution >= 4 is 23.2 Å². The Kier molecular flexibility index (Phi) is 3.49. The van der Waals surface area contributed by atoms with Crippen LogP contribution in [0.25, 0.3) is 0 Å². The SMILES string of the molecule is N#C/C(C(=O)Nc1ccc(Cl)nc1)=C(/O)C1CC1. The number of anilines is 1. The van der Waals surface area contributed by atoms with Gasteiger partial charge in [-0.25, -0.2) is 4.98 Å². The van der Waals surface area contributed by atoms with Crippen molar-refractivity contribution in [2.45, 2.75) is 12.8 Å². The first-order chi connectivity index (χ1) is 8.61. The van der Waals surface area contributed by atoms with E-state index in [1.807, 2.05) is 0 Å². The number of nitriles is 1. The lowest BCUT2D eigenvalue weighted by Gasteiger charge is -2.05. The summed E-state index contributed by atoms with van der Waals surface area (Å²) >= 11 is 5.61. The molecule has 1 fully saturated rings. The Hall–Kier alpha value is -2.06. The zero-order valence-electron chi connectivity index (χ0n) is 9.35. The smallest absolute Gasteiger partial charge is 0.269 e. The Morgan fingerprint density at radius 2 is 2.28 bits per heavy atom. The Morgan fingerprint density at radius 3 is 2.78 bits per heavy atom. The molecule has 2 N–H and O–H groups in total. The van der Waals surface area contributed by atoms with Crippen molar-refractivity contribution in [2.75, 3.05) is 5.32 Å². The number of carbonyl (C=O) groups is 1. The second kappa shape index (κ2) is 5.07. The fraction of sp³-hybridized carbons (Fsp3) is 0.250. The standard InChI is InChI=1S/C12H10ClN3O2/c13-10-4-3-8(6-15-10)16-12(18)9(5-14)11(17)7-1-2-7/h3-4,6-7,17H,1-2H2,(H,16,18)/b11-9-. The summed E-state index contributed by atoms with van der Waals surface area (Å²) in [6.45, 7) is 0. The van der Waals surface area contributed by atoms with Crippen LogP contribution < -0.4 is 5.32 Å². The van der Waals surface area contributed by atoms with Gasteiger partial charge in [0.15, 0.2) is 5.57 Å². The van der Waals surface area contributed by atoms with Crippen LogP contribution in [0.3, 0.4) is 0 Å². The minimum Gasteiger partial charge on any atom is -0.510 e. The lowest BCUT2D eigenvalue weighted by Crippen LogP contribution is -2.16. The molecule has 18 heavy (non-hydrogen) atoms. The summed E-state index contributed by atoms with van der Waals surface area (Å²) in [6, 6.07) is 4.81. The van der Waals surface area contributed by atoms with E-state index in [-0.39, 0.29) is 17.3 Å². The lowest BCUT2D eigenvalue weighted by molar-refractivity contribution is -0.112. The molecule has 1 amide bonds. The molecular formula is C12H10ClN3O2. The lowest BCUT2D eigenvalue weighted by atomic mass is 10.1. The number of nitrogens with one attached hydrogen (secondary N) is 1. The van der Waals surface area contributed by atoms with Crippen LogP contribution in [0.4, 0.5) is 5.69 Å². The predicted molar refractivity (Wildman–Crippen MR) is 65.9 cm³/mol. The Bertz CT molecular complexity index is 541. The minimum atomic E-state index is -0.633. The molecule has 0 saturated heterocycles.